The molecule has 98 valence electrons. The van der Waals surface area contributed by atoms with Crippen molar-refractivity contribution in [1.82, 2.24) is 14.9 Å². The lowest BCUT2D eigenvalue weighted by Gasteiger charge is -2.08. The van der Waals surface area contributed by atoms with Crippen LogP contribution in [0.15, 0.2) is 55.0 Å². The van der Waals surface area contributed by atoms with Gasteiger partial charge in [-0.1, -0.05) is 30.4 Å². The number of rotatable bonds is 5. The number of benzene rings is 1. The van der Waals surface area contributed by atoms with Crippen LogP contribution in [0.5, 0.6) is 0 Å². The maximum absolute atomic E-state index is 12.1. The molecular weight excluding hydrogens is 238 g/mol. The van der Waals surface area contributed by atoms with Gasteiger partial charge in [-0.25, -0.2) is 4.98 Å². The molecule has 0 unspecified atom stereocenters. The molecule has 1 N–H and O–H groups in total. The molecule has 0 aliphatic carbocycles. The number of carbonyl (C=O) groups excluding carboxylic acids is 1. The van der Waals surface area contributed by atoms with E-state index >= 15 is 0 Å². The van der Waals surface area contributed by atoms with Crippen molar-refractivity contribution in [2.75, 3.05) is 6.54 Å². The first-order valence-electron chi connectivity index (χ1n) is 6.30. The lowest BCUT2D eigenvalue weighted by atomic mass is 10.3. The first-order valence-corrected chi connectivity index (χ1v) is 6.30. The normalized spacial score (nSPS) is 10.8. The molecule has 0 aliphatic heterocycles. The predicted molar refractivity (Wildman–Crippen MR) is 75.3 cm³/mol. The van der Waals surface area contributed by atoms with E-state index in [2.05, 4.69) is 10.3 Å². The van der Waals surface area contributed by atoms with Gasteiger partial charge in [0.25, 0.3) is 5.91 Å². The lowest BCUT2D eigenvalue weighted by molar-refractivity contribution is 0.0947. The van der Waals surface area contributed by atoms with E-state index in [1.54, 1.807) is 17.1 Å². The summed E-state index contributed by atoms with van der Waals surface area (Å²) < 4.78 is 1.78. The summed E-state index contributed by atoms with van der Waals surface area (Å²) in [6.07, 6.45) is 8.06. The summed E-state index contributed by atoms with van der Waals surface area (Å²) in [6.45, 7) is 2.59. The number of nitrogens with zero attached hydrogens (tertiary/aromatic N) is 2. The number of para-hydroxylation sites is 1. The number of carbonyl (C=O) groups is 1. The van der Waals surface area contributed by atoms with Crippen LogP contribution in [0.2, 0.25) is 0 Å². The Hall–Kier alpha value is -2.36. The van der Waals surface area contributed by atoms with Gasteiger partial charge in [0.15, 0.2) is 0 Å². The first-order chi connectivity index (χ1) is 9.33. The zero-order chi connectivity index (χ0) is 13.5. The van der Waals surface area contributed by atoms with Crippen molar-refractivity contribution in [2.45, 2.75) is 13.3 Å². The lowest BCUT2D eigenvalue weighted by Crippen LogP contribution is -2.26. The summed E-state index contributed by atoms with van der Waals surface area (Å²) in [7, 11) is 0. The molecule has 0 saturated carbocycles. The second-order valence-corrected chi connectivity index (χ2v) is 4.10. The minimum absolute atomic E-state index is 0.106. The molecule has 0 fully saturated rings. The molecule has 1 aromatic carbocycles. The fourth-order valence-electron chi connectivity index (χ4n) is 1.78. The van der Waals surface area contributed by atoms with Crippen molar-refractivity contribution in [1.29, 1.82) is 0 Å². The number of aromatic nitrogens is 2. The Labute approximate surface area is 112 Å². The summed E-state index contributed by atoms with van der Waals surface area (Å²) in [5, 5.41) is 2.88. The highest BCUT2D eigenvalue weighted by Gasteiger charge is 2.11. The SMILES string of the molecule is C/C=C/CCNC(=O)c1cncn1-c1ccccc1. The first kappa shape index (κ1) is 13.1. The van der Waals surface area contributed by atoms with Crippen molar-refractivity contribution in [2.24, 2.45) is 0 Å². The molecule has 0 radical (unpaired) electrons. The zero-order valence-electron chi connectivity index (χ0n) is 10.9. The van der Waals surface area contributed by atoms with Crippen LogP contribution in [-0.4, -0.2) is 22.0 Å². The smallest absolute Gasteiger partial charge is 0.269 e. The van der Waals surface area contributed by atoms with Crippen molar-refractivity contribution in [3.8, 4) is 5.69 Å². The van der Waals surface area contributed by atoms with Gasteiger partial charge in [-0.05, 0) is 25.5 Å². The van der Waals surface area contributed by atoms with Crippen LogP contribution < -0.4 is 5.32 Å². The van der Waals surface area contributed by atoms with E-state index in [1.165, 1.54) is 0 Å². The molecule has 0 saturated heterocycles. The summed E-state index contributed by atoms with van der Waals surface area (Å²) >= 11 is 0. The summed E-state index contributed by atoms with van der Waals surface area (Å²) in [4.78, 5) is 16.1. The van der Waals surface area contributed by atoms with E-state index in [0.717, 1.165) is 12.1 Å². The molecule has 2 rings (SSSR count). The van der Waals surface area contributed by atoms with Crippen molar-refractivity contribution >= 4 is 5.91 Å². The van der Waals surface area contributed by atoms with Gasteiger partial charge >= 0.3 is 0 Å². The Morgan fingerprint density at radius 2 is 2.16 bits per heavy atom. The molecule has 4 heteroatoms. The molecule has 1 amide bonds. The second-order valence-electron chi connectivity index (χ2n) is 4.10. The van der Waals surface area contributed by atoms with E-state index in [4.69, 9.17) is 0 Å². The number of imidazole rings is 1. The molecule has 0 aliphatic rings. The predicted octanol–water partition coefficient (Wildman–Crippen LogP) is 2.57. The van der Waals surface area contributed by atoms with Crippen molar-refractivity contribution in [3.05, 3.63) is 60.7 Å². The van der Waals surface area contributed by atoms with Gasteiger partial charge in [0.05, 0.1) is 12.5 Å². The molecule has 0 atom stereocenters. The minimum Gasteiger partial charge on any atom is -0.350 e. The van der Waals surface area contributed by atoms with Crippen LogP contribution in [-0.2, 0) is 0 Å². The number of allylic oxidation sites excluding steroid dienone is 1. The number of nitrogens with one attached hydrogen (secondary N) is 1. The number of amides is 1. The minimum atomic E-state index is -0.106. The molecule has 19 heavy (non-hydrogen) atoms. The molecule has 0 spiro atoms. The van der Waals surface area contributed by atoms with E-state index in [1.807, 2.05) is 49.4 Å². The van der Waals surface area contributed by atoms with Crippen LogP contribution in [0, 0.1) is 0 Å². The Kier molecular flexibility index (Phi) is 4.50. The standard InChI is InChI=1S/C15H17N3O/c1-2-3-7-10-17-15(19)14-11-16-12-18(14)13-8-5-4-6-9-13/h2-6,8-9,11-12H,7,10H2,1H3,(H,17,19)/b3-2+. The van der Waals surface area contributed by atoms with Gasteiger partial charge < -0.3 is 5.32 Å². The fraction of sp³-hybridized carbons (Fsp3) is 0.200. The highest BCUT2D eigenvalue weighted by atomic mass is 16.1. The highest BCUT2D eigenvalue weighted by molar-refractivity contribution is 5.92. The van der Waals surface area contributed by atoms with Gasteiger partial charge in [-0.15, -0.1) is 0 Å². The summed E-state index contributed by atoms with van der Waals surface area (Å²) in [6, 6.07) is 9.69. The van der Waals surface area contributed by atoms with Crippen LogP contribution in [0.3, 0.4) is 0 Å². The average Bonchev–Trinajstić information content (AvgIpc) is 2.94. The van der Waals surface area contributed by atoms with E-state index in [9.17, 15) is 4.79 Å². The van der Waals surface area contributed by atoms with E-state index < -0.39 is 0 Å². The Balaban J connectivity index is 2.09. The van der Waals surface area contributed by atoms with Gasteiger partial charge in [0, 0.05) is 12.2 Å². The maximum Gasteiger partial charge on any atom is 0.269 e. The van der Waals surface area contributed by atoms with Gasteiger partial charge in [-0.2, -0.15) is 0 Å². The molecule has 1 aromatic heterocycles. The molecule has 1 heterocycles. The third-order valence-electron chi connectivity index (χ3n) is 2.74. The fourth-order valence-corrected chi connectivity index (χ4v) is 1.78. The van der Waals surface area contributed by atoms with Crippen LogP contribution in [0.25, 0.3) is 5.69 Å². The molecular formula is C15H17N3O. The van der Waals surface area contributed by atoms with Gasteiger partial charge in [-0.3, -0.25) is 9.36 Å². The van der Waals surface area contributed by atoms with E-state index in [0.29, 0.717) is 12.2 Å². The number of hydrogen-bond donors (Lipinski definition) is 1. The summed E-state index contributed by atoms with van der Waals surface area (Å²) in [5.41, 5.74) is 1.48. The Morgan fingerprint density at radius 3 is 2.89 bits per heavy atom. The van der Waals surface area contributed by atoms with E-state index in [-0.39, 0.29) is 5.91 Å². The molecule has 0 bridgehead atoms. The van der Waals surface area contributed by atoms with Crippen LogP contribution in [0.1, 0.15) is 23.8 Å². The Morgan fingerprint density at radius 1 is 1.37 bits per heavy atom. The quantitative estimate of drug-likeness (QED) is 0.659. The topological polar surface area (TPSA) is 46.9 Å². The monoisotopic (exact) mass is 255 g/mol. The highest BCUT2D eigenvalue weighted by Crippen LogP contribution is 2.10. The van der Waals surface area contributed by atoms with Gasteiger partial charge in [0.1, 0.15) is 5.69 Å². The number of hydrogen-bond acceptors (Lipinski definition) is 2. The van der Waals surface area contributed by atoms with Crippen molar-refractivity contribution < 1.29 is 4.79 Å². The third-order valence-corrected chi connectivity index (χ3v) is 2.74. The van der Waals surface area contributed by atoms with Crippen LogP contribution >= 0.6 is 0 Å². The molecule has 2 aromatic rings. The Bertz CT molecular complexity index is 558. The second kappa shape index (κ2) is 6.54. The van der Waals surface area contributed by atoms with Crippen LogP contribution in [0.4, 0.5) is 0 Å². The third kappa shape index (κ3) is 3.31. The average molecular weight is 255 g/mol. The molecule has 4 nitrogen and oxygen atoms in total. The zero-order valence-corrected chi connectivity index (χ0v) is 10.9. The largest absolute Gasteiger partial charge is 0.350 e. The summed E-state index contributed by atoms with van der Waals surface area (Å²) in [5.74, 6) is -0.106. The van der Waals surface area contributed by atoms with Gasteiger partial charge in [0.2, 0.25) is 0 Å². The maximum atomic E-state index is 12.1. The van der Waals surface area contributed by atoms with Crippen molar-refractivity contribution in [3.63, 3.8) is 0 Å².